The Morgan fingerprint density at radius 1 is 1.16 bits per heavy atom. The van der Waals surface area contributed by atoms with E-state index < -0.39 is 23.4 Å². The summed E-state index contributed by atoms with van der Waals surface area (Å²) in [4.78, 5) is 35.1. The van der Waals surface area contributed by atoms with Crippen LogP contribution in [0.4, 0.5) is 5.69 Å². The number of hydrogen-bond donors (Lipinski definition) is 4. The van der Waals surface area contributed by atoms with Gasteiger partial charge in [0.15, 0.2) is 0 Å². The van der Waals surface area contributed by atoms with Gasteiger partial charge >= 0.3 is 0 Å². The number of likely N-dealkylation sites (tertiary alicyclic amines) is 1. The van der Waals surface area contributed by atoms with E-state index in [-0.39, 0.29) is 11.9 Å². The van der Waals surface area contributed by atoms with Crippen LogP contribution >= 0.6 is 0 Å². The van der Waals surface area contributed by atoms with Gasteiger partial charge in [0, 0.05) is 24.8 Å². The topological polar surface area (TPSA) is 120 Å². The van der Waals surface area contributed by atoms with E-state index >= 15 is 0 Å². The molecule has 1 heterocycles. The largest absolute Gasteiger partial charge is 0.497 e. The molecule has 0 spiro atoms. The highest BCUT2D eigenvalue weighted by Crippen LogP contribution is 2.24. The SMILES string of the molecule is C=O.COc1ccc(NC2CCN(C(=O)[C@@H](NC(=O)C(C)NO)C(C)(C)C)CC2)cc1. The zero-order valence-electron chi connectivity index (χ0n) is 19.1. The first-order valence-electron chi connectivity index (χ1n) is 10.3. The number of carbonyl (C=O) groups is 3. The van der Waals surface area contributed by atoms with Crippen LogP contribution in [0.5, 0.6) is 5.75 Å². The van der Waals surface area contributed by atoms with E-state index in [1.807, 2.05) is 62.2 Å². The van der Waals surface area contributed by atoms with Crippen molar-refractivity contribution >= 4 is 24.3 Å². The molecule has 1 aromatic rings. The molecule has 2 amide bonds. The zero-order valence-corrected chi connectivity index (χ0v) is 19.1. The lowest BCUT2D eigenvalue weighted by molar-refractivity contribution is -0.141. The fourth-order valence-electron chi connectivity index (χ4n) is 3.32. The first-order valence-corrected chi connectivity index (χ1v) is 10.3. The van der Waals surface area contributed by atoms with Crippen molar-refractivity contribution in [3.8, 4) is 5.75 Å². The molecule has 2 atom stereocenters. The second kappa shape index (κ2) is 12.3. The van der Waals surface area contributed by atoms with Crippen molar-refractivity contribution in [2.45, 2.75) is 58.7 Å². The molecule has 174 valence electrons. The van der Waals surface area contributed by atoms with Crippen molar-refractivity contribution in [1.82, 2.24) is 15.7 Å². The first kappa shape index (κ1) is 26.4. The van der Waals surface area contributed by atoms with Gasteiger partial charge < -0.3 is 30.3 Å². The summed E-state index contributed by atoms with van der Waals surface area (Å²) in [5, 5.41) is 15.3. The van der Waals surface area contributed by atoms with Crippen molar-refractivity contribution in [2.75, 3.05) is 25.5 Å². The Balaban J connectivity index is 0.00000233. The molecule has 31 heavy (non-hydrogen) atoms. The van der Waals surface area contributed by atoms with Crippen LogP contribution in [0.25, 0.3) is 0 Å². The van der Waals surface area contributed by atoms with Gasteiger partial charge in [-0.25, -0.2) is 0 Å². The third kappa shape index (κ3) is 7.84. The molecule has 9 heteroatoms. The molecule has 0 radical (unpaired) electrons. The molecule has 2 rings (SSSR count). The number of rotatable bonds is 7. The molecular formula is C22H36N4O5. The Morgan fingerprint density at radius 2 is 1.71 bits per heavy atom. The van der Waals surface area contributed by atoms with Crippen LogP contribution in [-0.4, -0.2) is 67.0 Å². The van der Waals surface area contributed by atoms with E-state index in [4.69, 9.17) is 14.7 Å². The maximum atomic E-state index is 13.1. The van der Waals surface area contributed by atoms with Crippen molar-refractivity contribution in [3.05, 3.63) is 24.3 Å². The Morgan fingerprint density at radius 3 is 2.16 bits per heavy atom. The van der Waals surface area contributed by atoms with Gasteiger partial charge in [-0.3, -0.25) is 9.59 Å². The second-order valence-corrected chi connectivity index (χ2v) is 8.63. The molecule has 0 aliphatic carbocycles. The van der Waals surface area contributed by atoms with E-state index in [0.717, 1.165) is 24.3 Å². The number of methoxy groups -OCH3 is 1. The smallest absolute Gasteiger partial charge is 0.245 e. The highest BCUT2D eigenvalue weighted by Gasteiger charge is 2.37. The third-order valence-corrected chi connectivity index (χ3v) is 5.25. The first-order chi connectivity index (χ1) is 14.7. The van der Waals surface area contributed by atoms with Crippen LogP contribution in [0.3, 0.4) is 0 Å². The third-order valence-electron chi connectivity index (χ3n) is 5.25. The van der Waals surface area contributed by atoms with Crippen molar-refractivity contribution < 1.29 is 24.3 Å². The lowest BCUT2D eigenvalue weighted by atomic mass is 9.85. The maximum absolute atomic E-state index is 13.1. The molecule has 4 N–H and O–H groups in total. The Kier molecular flexibility index (Phi) is 10.4. The molecule has 1 unspecified atom stereocenters. The van der Waals surface area contributed by atoms with Gasteiger partial charge in [0.25, 0.3) is 0 Å². The lowest BCUT2D eigenvalue weighted by Crippen LogP contribution is -2.58. The molecule has 0 bridgehead atoms. The molecule has 0 saturated carbocycles. The van der Waals surface area contributed by atoms with Gasteiger partial charge in [-0.05, 0) is 49.4 Å². The predicted molar refractivity (Wildman–Crippen MR) is 119 cm³/mol. The zero-order chi connectivity index (χ0) is 23.6. The molecule has 1 aliphatic heterocycles. The Labute approximate surface area is 184 Å². The van der Waals surface area contributed by atoms with Gasteiger partial charge in [-0.1, -0.05) is 20.8 Å². The monoisotopic (exact) mass is 436 g/mol. The van der Waals surface area contributed by atoms with Gasteiger partial charge in [-0.2, -0.15) is 5.48 Å². The molecule has 0 aromatic heterocycles. The summed E-state index contributed by atoms with van der Waals surface area (Å²) in [6.45, 7) is 10.6. The maximum Gasteiger partial charge on any atom is 0.245 e. The summed E-state index contributed by atoms with van der Waals surface area (Å²) in [6, 6.07) is 6.65. The number of hydrogen-bond acceptors (Lipinski definition) is 7. The summed E-state index contributed by atoms with van der Waals surface area (Å²) >= 11 is 0. The van der Waals surface area contributed by atoms with E-state index in [1.165, 1.54) is 6.92 Å². The lowest BCUT2D eigenvalue weighted by Gasteiger charge is -2.39. The van der Waals surface area contributed by atoms with Crippen molar-refractivity contribution in [2.24, 2.45) is 5.41 Å². The van der Waals surface area contributed by atoms with E-state index in [1.54, 1.807) is 7.11 Å². The average molecular weight is 437 g/mol. The number of piperidine rings is 1. The van der Waals surface area contributed by atoms with Gasteiger partial charge in [0.2, 0.25) is 11.8 Å². The van der Waals surface area contributed by atoms with E-state index in [0.29, 0.717) is 13.1 Å². The predicted octanol–water partition coefficient (Wildman–Crippen LogP) is 1.81. The van der Waals surface area contributed by atoms with Crippen LogP contribution in [0.15, 0.2) is 24.3 Å². The minimum absolute atomic E-state index is 0.0844. The number of benzene rings is 1. The fraction of sp³-hybridized carbons (Fsp3) is 0.591. The number of nitrogens with one attached hydrogen (secondary N) is 3. The highest BCUT2D eigenvalue weighted by atomic mass is 16.5. The van der Waals surface area contributed by atoms with Crippen LogP contribution in [0.1, 0.15) is 40.5 Å². The van der Waals surface area contributed by atoms with Crippen LogP contribution in [0, 0.1) is 5.41 Å². The number of nitrogens with zero attached hydrogens (tertiary/aromatic N) is 1. The van der Waals surface area contributed by atoms with Gasteiger partial charge in [0.1, 0.15) is 24.6 Å². The van der Waals surface area contributed by atoms with E-state index in [2.05, 4.69) is 10.6 Å². The molecule has 1 aliphatic rings. The van der Waals surface area contributed by atoms with Crippen LogP contribution in [0.2, 0.25) is 0 Å². The standard InChI is InChI=1S/C21H34N4O4.CH2O/c1-14(24-28)19(26)23-18(21(2,3)4)20(27)25-12-10-16(11-13-25)22-15-6-8-17(29-5)9-7-15;1-2/h6-9,14,16,18,22,24,28H,10-13H2,1-5H3,(H,23,26);1H2/t14?,18-;/m1./s1. The summed E-state index contributed by atoms with van der Waals surface area (Å²) in [6.07, 6.45) is 1.66. The van der Waals surface area contributed by atoms with Gasteiger partial charge in [0.05, 0.1) is 7.11 Å². The normalized spacial score (nSPS) is 16.4. The minimum atomic E-state index is -0.785. The molecular weight excluding hydrogens is 400 g/mol. The summed E-state index contributed by atoms with van der Waals surface area (Å²) in [5.41, 5.74) is 2.51. The van der Waals surface area contributed by atoms with E-state index in [9.17, 15) is 9.59 Å². The Bertz CT molecular complexity index is 697. The average Bonchev–Trinajstić information content (AvgIpc) is 2.78. The fourth-order valence-corrected chi connectivity index (χ4v) is 3.32. The molecule has 1 aromatic carbocycles. The van der Waals surface area contributed by atoms with Gasteiger partial charge in [-0.15, -0.1) is 0 Å². The van der Waals surface area contributed by atoms with Crippen LogP contribution in [-0.2, 0) is 14.4 Å². The summed E-state index contributed by atoms with van der Waals surface area (Å²) in [5.74, 6) is 0.327. The number of hydroxylamine groups is 1. The number of anilines is 1. The second-order valence-electron chi connectivity index (χ2n) is 8.63. The summed E-state index contributed by atoms with van der Waals surface area (Å²) < 4.78 is 5.18. The van der Waals surface area contributed by atoms with Crippen LogP contribution < -0.4 is 20.9 Å². The minimum Gasteiger partial charge on any atom is -0.497 e. The molecule has 9 nitrogen and oxygen atoms in total. The number of amides is 2. The number of ether oxygens (including phenoxy) is 1. The van der Waals surface area contributed by atoms with Crippen molar-refractivity contribution in [1.29, 1.82) is 0 Å². The number of carbonyl (C=O) groups excluding carboxylic acids is 3. The summed E-state index contributed by atoms with van der Waals surface area (Å²) in [7, 11) is 1.64. The molecule has 1 fully saturated rings. The Hall–Kier alpha value is -2.65. The highest BCUT2D eigenvalue weighted by molar-refractivity contribution is 5.90. The quantitative estimate of drug-likeness (QED) is 0.481. The van der Waals surface area contributed by atoms with Crippen molar-refractivity contribution in [3.63, 3.8) is 0 Å². The molecule has 1 saturated heterocycles.